The number of H-pyrrole nitrogens is 1. The van der Waals surface area contributed by atoms with Crippen molar-refractivity contribution in [2.75, 3.05) is 14.1 Å². The van der Waals surface area contributed by atoms with Gasteiger partial charge in [0.25, 0.3) is 0 Å². The molecule has 0 bridgehead atoms. The van der Waals surface area contributed by atoms with Crippen LogP contribution in [0.5, 0.6) is 0 Å². The zero-order valence-electron chi connectivity index (χ0n) is 10.5. The molecule has 2 aromatic rings. The van der Waals surface area contributed by atoms with Crippen LogP contribution in [0.15, 0.2) is 18.5 Å². The molecule has 0 radical (unpaired) electrons. The van der Waals surface area contributed by atoms with Crippen LogP contribution in [-0.4, -0.2) is 35.0 Å². The molecule has 3 rings (SSSR count). The normalized spacial score (nSPS) is 20.5. The number of aromatic amines is 1. The Hall–Kier alpha value is -1.35. The molecular formula is C14H19N3. The number of aromatic nitrogens is 2. The summed E-state index contributed by atoms with van der Waals surface area (Å²) in [6.45, 7) is 0. The summed E-state index contributed by atoms with van der Waals surface area (Å²) in [5.74, 6) is 0. The summed E-state index contributed by atoms with van der Waals surface area (Å²) in [6, 6.07) is 2.81. The van der Waals surface area contributed by atoms with Crippen LogP contribution in [0.3, 0.4) is 0 Å². The Kier molecular flexibility index (Phi) is 2.63. The van der Waals surface area contributed by atoms with Crippen LogP contribution in [0.2, 0.25) is 0 Å². The summed E-state index contributed by atoms with van der Waals surface area (Å²) in [5.41, 5.74) is 4.13. The molecule has 1 aliphatic carbocycles. The number of nitrogens with one attached hydrogen (secondary N) is 1. The van der Waals surface area contributed by atoms with Crippen molar-refractivity contribution in [2.24, 2.45) is 0 Å². The minimum absolute atomic E-state index is 0.670. The number of pyridine rings is 1. The number of hydrogen-bond donors (Lipinski definition) is 1. The van der Waals surface area contributed by atoms with Gasteiger partial charge in [0, 0.05) is 23.3 Å². The monoisotopic (exact) mass is 229 g/mol. The number of rotatable bonds is 1. The molecule has 0 fully saturated rings. The van der Waals surface area contributed by atoms with E-state index in [1.165, 1.54) is 41.4 Å². The van der Waals surface area contributed by atoms with Crippen molar-refractivity contribution >= 4 is 10.9 Å². The van der Waals surface area contributed by atoms with Gasteiger partial charge in [0.1, 0.15) is 0 Å². The van der Waals surface area contributed by atoms with Crippen molar-refractivity contribution in [1.82, 2.24) is 14.9 Å². The Bertz CT molecular complexity index is 527. The number of likely N-dealkylation sites (N-methyl/N-ethyl adjacent to an activating group) is 1. The van der Waals surface area contributed by atoms with Gasteiger partial charge in [-0.05, 0) is 51.4 Å². The summed E-state index contributed by atoms with van der Waals surface area (Å²) in [7, 11) is 4.37. The van der Waals surface area contributed by atoms with Gasteiger partial charge < -0.3 is 9.88 Å². The molecule has 1 aliphatic rings. The lowest BCUT2D eigenvalue weighted by atomic mass is 10.0. The number of fused-ring (bicyclic) bond motifs is 3. The van der Waals surface area contributed by atoms with E-state index in [4.69, 9.17) is 0 Å². The van der Waals surface area contributed by atoms with Crippen molar-refractivity contribution < 1.29 is 0 Å². The fourth-order valence-corrected chi connectivity index (χ4v) is 2.90. The lowest BCUT2D eigenvalue weighted by Crippen LogP contribution is -2.29. The molecule has 3 nitrogen and oxygen atoms in total. The van der Waals surface area contributed by atoms with Crippen LogP contribution < -0.4 is 0 Å². The van der Waals surface area contributed by atoms with E-state index in [9.17, 15) is 0 Å². The Labute approximate surface area is 102 Å². The zero-order chi connectivity index (χ0) is 11.8. The van der Waals surface area contributed by atoms with Gasteiger partial charge in [-0.15, -0.1) is 0 Å². The van der Waals surface area contributed by atoms with E-state index in [-0.39, 0.29) is 0 Å². The molecule has 2 aromatic heterocycles. The first-order valence-electron chi connectivity index (χ1n) is 6.35. The lowest BCUT2D eigenvalue weighted by molar-refractivity contribution is 0.277. The molecule has 0 aliphatic heterocycles. The first-order valence-corrected chi connectivity index (χ1v) is 6.35. The van der Waals surface area contributed by atoms with E-state index >= 15 is 0 Å². The van der Waals surface area contributed by atoms with Crippen molar-refractivity contribution in [3.63, 3.8) is 0 Å². The quantitative estimate of drug-likeness (QED) is 0.761. The van der Waals surface area contributed by atoms with E-state index in [0.29, 0.717) is 6.04 Å². The summed E-state index contributed by atoms with van der Waals surface area (Å²) < 4.78 is 0. The van der Waals surface area contributed by atoms with Crippen LogP contribution in [0.1, 0.15) is 24.1 Å². The summed E-state index contributed by atoms with van der Waals surface area (Å²) in [6.07, 6.45) is 8.74. The average molecular weight is 229 g/mol. The molecule has 1 N–H and O–H groups in total. The van der Waals surface area contributed by atoms with Crippen LogP contribution >= 0.6 is 0 Å². The van der Waals surface area contributed by atoms with Gasteiger partial charge in [-0.1, -0.05) is 0 Å². The fourth-order valence-electron chi connectivity index (χ4n) is 2.90. The highest BCUT2D eigenvalue weighted by atomic mass is 15.1. The van der Waals surface area contributed by atoms with Crippen LogP contribution in [-0.2, 0) is 12.8 Å². The third-order valence-electron chi connectivity index (χ3n) is 3.93. The Morgan fingerprint density at radius 1 is 1.41 bits per heavy atom. The highest BCUT2D eigenvalue weighted by molar-refractivity contribution is 5.83. The van der Waals surface area contributed by atoms with Gasteiger partial charge in [0.2, 0.25) is 0 Å². The molecule has 0 saturated carbocycles. The molecule has 17 heavy (non-hydrogen) atoms. The molecule has 0 aromatic carbocycles. The third kappa shape index (κ3) is 1.84. The summed E-state index contributed by atoms with van der Waals surface area (Å²) in [5, 5.41) is 1.36. The first kappa shape index (κ1) is 10.8. The molecule has 0 saturated heterocycles. The lowest BCUT2D eigenvalue weighted by Gasteiger charge is -2.22. The predicted molar refractivity (Wildman–Crippen MR) is 70.2 cm³/mol. The van der Waals surface area contributed by atoms with Crippen molar-refractivity contribution in [3.05, 3.63) is 29.7 Å². The highest BCUT2D eigenvalue weighted by Gasteiger charge is 2.21. The number of hydrogen-bond acceptors (Lipinski definition) is 2. The molecule has 0 spiro atoms. The highest BCUT2D eigenvalue weighted by Crippen LogP contribution is 2.28. The minimum atomic E-state index is 0.670. The van der Waals surface area contributed by atoms with E-state index in [1.807, 2.05) is 12.4 Å². The molecule has 2 heterocycles. The number of aryl methyl sites for hydroxylation is 1. The first-order chi connectivity index (χ1) is 8.25. The Morgan fingerprint density at radius 3 is 3.12 bits per heavy atom. The zero-order valence-corrected chi connectivity index (χ0v) is 10.5. The van der Waals surface area contributed by atoms with E-state index < -0.39 is 0 Å². The Balaban J connectivity index is 2.08. The van der Waals surface area contributed by atoms with Crippen molar-refractivity contribution in [3.8, 4) is 0 Å². The molecule has 1 atom stereocenters. The standard InChI is InChI=1S/C14H19N3/c1-17(2)10-4-3-5-13-12(8-10)11-6-7-15-9-14(11)16-13/h6-7,9-10,16H,3-5,8H2,1-2H3/t10-/m1/s1. The minimum Gasteiger partial charge on any atom is -0.357 e. The largest absolute Gasteiger partial charge is 0.357 e. The van der Waals surface area contributed by atoms with E-state index in [1.54, 1.807) is 0 Å². The second kappa shape index (κ2) is 4.15. The van der Waals surface area contributed by atoms with Crippen LogP contribution in [0.25, 0.3) is 10.9 Å². The maximum atomic E-state index is 4.19. The molecule has 90 valence electrons. The van der Waals surface area contributed by atoms with E-state index in [2.05, 4.69) is 35.0 Å². The van der Waals surface area contributed by atoms with Gasteiger partial charge in [0.15, 0.2) is 0 Å². The maximum Gasteiger partial charge on any atom is 0.0645 e. The second-order valence-corrected chi connectivity index (χ2v) is 5.22. The summed E-state index contributed by atoms with van der Waals surface area (Å²) >= 11 is 0. The fraction of sp³-hybridized carbons (Fsp3) is 0.500. The summed E-state index contributed by atoms with van der Waals surface area (Å²) in [4.78, 5) is 10.1. The van der Waals surface area contributed by atoms with Crippen molar-refractivity contribution in [2.45, 2.75) is 31.7 Å². The van der Waals surface area contributed by atoms with E-state index in [0.717, 1.165) is 6.42 Å². The SMILES string of the molecule is CN(C)[C@@H]1CCCc2[nH]c3cnccc3c2C1. The average Bonchev–Trinajstić information content (AvgIpc) is 2.53. The third-order valence-corrected chi connectivity index (χ3v) is 3.93. The smallest absolute Gasteiger partial charge is 0.0645 e. The van der Waals surface area contributed by atoms with Gasteiger partial charge in [0.05, 0.1) is 11.7 Å². The van der Waals surface area contributed by atoms with Crippen molar-refractivity contribution in [1.29, 1.82) is 0 Å². The molecule has 0 amide bonds. The van der Waals surface area contributed by atoms with Gasteiger partial charge in [-0.2, -0.15) is 0 Å². The number of nitrogens with zero attached hydrogens (tertiary/aromatic N) is 2. The molecule has 3 heteroatoms. The topological polar surface area (TPSA) is 31.9 Å². The van der Waals surface area contributed by atoms with Crippen LogP contribution in [0.4, 0.5) is 0 Å². The van der Waals surface area contributed by atoms with Gasteiger partial charge in [-0.25, -0.2) is 0 Å². The van der Waals surface area contributed by atoms with Gasteiger partial charge >= 0.3 is 0 Å². The maximum absolute atomic E-state index is 4.19. The molecular weight excluding hydrogens is 210 g/mol. The Morgan fingerprint density at radius 2 is 2.29 bits per heavy atom. The van der Waals surface area contributed by atoms with Gasteiger partial charge in [-0.3, -0.25) is 4.98 Å². The predicted octanol–water partition coefficient (Wildman–Crippen LogP) is 2.37. The second-order valence-electron chi connectivity index (χ2n) is 5.22. The molecule has 0 unspecified atom stereocenters. The van der Waals surface area contributed by atoms with Crippen LogP contribution in [0, 0.1) is 0 Å².